The number of benzene rings is 11. The number of nitrogens with one attached hydrogen (secondary N) is 1. The molecule has 3 nitrogen and oxygen atoms in total. The first-order valence-corrected chi connectivity index (χ1v) is 22.9. The van der Waals surface area contributed by atoms with Crippen LogP contribution < -0.4 is 5.32 Å². The predicted molar refractivity (Wildman–Crippen MR) is 281 cm³/mol. The molecule has 0 amide bonds. The summed E-state index contributed by atoms with van der Waals surface area (Å²) in [5, 5.41) is 21.7. The van der Waals surface area contributed by atoms with E-state index >= 15 is 0 Å². The van der Waals surface area contributed by atoms with Crippen molar-refractivity contribution in [3.05, 3.63) is 241 Å². The Bertz CT molecular complexity index is 4070. The molecule has 3 heterocycles. The van der Waals surface area contributed by atoms with E-state index in [0.717, 1.165) is 55.3 Å². The highest BCUT2D eigenvalue weighted by Crippen LogP contribution is 2.41. The number of nitrogens with zero attached hydrogens (tertiary/aromatic N) is 1. The Morgan fingerprint density at radius 3 is 1.56 bits per heavy atom. The summed E-state index contributed by atoms with van der Waals surface area (Å²) in [5.74, 6) is 0. The normalized spacial score (nSPS) is 13.9. The second kappa shape index (κ2) is 15.1. The summed E-state index contributed by atoms with van der Waals surface area (Å²) in [5.41, 5.74) is 11.6. The van der Waals surface area contributed by atoms with Crippen molar-refractivity contribution in [1.82, 2.24) is 9.88 Å². The van der Waals surface area contributed by atoms with E-state index in [9.17, 15) is 0 Å². The van der Waals surface area contributed by atoms with Crippen LogP contribution in [0.25, 0.3) is 109 Å². The third-order valence-corrected chi connectivity index (χ3v) is 14.1. The van der Waals surface area contributed by atoms with Crippen molar-refractivity contribution in [3.8, 4) is 5.69 Å². The van der Waals surface area contributed by atoms with Gasteiger partial charge in [-0.3, -0.25) is 0 Å². The van der Waals surface area contributed by atoms with Crippen molar-refractivity contribution in [2.24, 2.45) is 0 Å². The van der Waals surface area contributed by atoms with Crippen molar-refractivity contribution in [2.75, 3.05) is 0 Å². The molecule has 0 radical (unpaired) electrons. The van der Waals surface area contributed by atoms with E-state index in [1.165, 1.54) is 75.9 Å². The molecule has 0 aliphatic carbocycles. The van der Waals surface area contributed by atoms with Gasteiger partial charge in [-0.1, -0.05) is 170 Å². The highest BCUT2D eigenvalue weighted by Gasteiger charge is 2.20. The molecule has 13 aromatic rings. The van der Waals surface area contributed by atoms with Crippen molar-refractivity contribution in [1.29, 1.82) is 0 Å². The molecule has 1 unspecified atom stereocenters. The van der Waals surface area contributed by atoms with Crippen LogP contribution >= 0.6 is 0 Å². The topological polar surface area (TPSA) is 30.1 Å². The second-order valence-electron chi connectivity index (χ2n) is 17.7. The van der Waals surface area contributed by atoms with Crippen molar-refractivity contribution < 1.29 is 4.42 Å². The highest BCUT2D eigenvalue weighted by molar-refractivity contribution is 6.26. The molecule has 66 heavy (non-hydrogen) atoms. The number of allylic oxidation sites excluding steroid dienone is 2. The fourth-order valence-corrected chi connectivity index (χ4v) is 10.8. The molecule has 2 aromatic heterocycles. The van der Waals surface area contributed by atoms with Crippen molar-refractivity contribution in [3.63, 3.8) is 0 Å². The third kappa shape index (κ3) is 5.90. The van der Waals surface area contributed by atoms with Crippen LogP contribution in [-0.4, -0.2) is 4.57 Å². The molecule has 1 N–H and O–H groups in total. The first-order chi connectivity index (χ1) is 32.6. The van der Waals surface area contributed by atoms with Crippen LogP contribution in [0, 0.1) is 13.8 Å². The molecule has 0 saturated carbocycles. The second-order valence-corrected chi connectivity index (χ2v) is 17.7. The minimum Gasteiger partial charge on any atom is -0.455 e. The molecule has 312 valence electrons. The lowest BCUT2D eigenvalue weighted by Gasteiger charge is -2.23. The van der Waals surface area contributed by atoms with Crippen LogP contribution in [0.1, 0.15) is 28.3 Å². The van der Waals surface area contributed by atoms with E-state index in [1.807, 2.05) is 6.07 Å². The highest BCUT2D eigenvalue weighted by atomic mass is 16.3. The lowest BCUT2D eigenvalue weighted by molar-refractivity contribution is 0.673. The Kier molecular flexibility index (Phi) is 8.72. The Morgan fingerprint density at radius 2 is 0.924 bits per heavy atom. The number of aromatic nitrogens is 1. The maximum absolute atomic E-state index is 6.50. The molecule has 0 spiro atoms. The molecule has 11 aromatic carbocycles. The van der Waals surface area contributed by atoms with E-state index < -0.39 is 0 Å². The van der Waals surface area contributed by atoms with Gasteiger partial charge in [0.15, 0.2) is 0 Å². The standard InChI is InChI=1S/C47H30N2O.C16H14/c1-2-12-34-32(10-1)33-11-3-4-13-35(33)40-28-30(22-25-36(34)40)42-17-9-16-41(48-42)29-20-23-31(24-21-29)49-43-18-7-5-15-39(43)46-44(49)27-26-38-37-14-6-8-19-45(37)50-47(38)46;1-11-12(2)14-8-4-6-10-16(14)15-9-5-3-7-13(11)15/h1-28,42,48H;3-10H,1-2H3. The van der Waals surface area contributed by atoms with Crippen LogP contribution in [-0.2, 0) is 0 Å². The smallest absolute Gasteiger partial charge is 0.145 e. The zero-order valence-corrected chi connectivity index (χ0v) is 36.7. The number of hydrogen-bond acceptors (Lipinski definition) is 2. The van der Waals surface area contributed by atoms with E-state index in [1.54, 1.807) is 0 Å². The minimum absolute atomic E-state index is 0.0628. The number of furan rings is 1. The zero-order chi connectivity index (χ0) is 43.9. The summed E-state index contributed by atoms with van der Waals surface area (Å²) in [6.07, 6.45) is 6.60. The fraction of sp³-hybridized carbons (Fsp3) is 0.0476. The Hall–Kier alpha value is -8.40. The van der Waals surface area contributed by atoms with Gasteiger partial charge < -0.3 is 14.3 Å². The molecule has 0 bridgehead atoms. The average molecular weight is 845 g/mol. The summed E-state index contributed by atoms with van der Waals surface area (Å²) in [6.45, 7) is 4.42. The molecular weight excluding hydrogens is 801 g/mol. The summed E-state index contributed by atoms with van der Waals surface area (Å²) in [4.78, 5) is 0. The lowest BCUT2D eigenvalue weighted by Crippen LogP contribution is -2.20. The molecule has 1 aliphatic heterocycles. The minimum atomic E-state index is 0.0628. The number of fused-ring (bicyclic) bond motifs is 16. The van der Waals surface area contributed by atoms with Gasteiger partial charge in [-0.25, -0.2) is 0 Å². The molecule has 0 fully saturated rings. The van der Waals surface area contributed by atoms with Crippen molar-refractivity contribution >= 4 is 103 Å². The van der Waals surface area contributed by atoms with Gasteiger partial charge >= 0.3 is 0 Å². The monoisotopic (exact) mass is 844 g/mol. The Labute approximate surface area is 382 Å². The quantitative estimate of drug-likeness (QED) is 0.180. The van der Waals surface area contributed by atoms with Gasteiger partial charge in [0.25, 0.3) is 0 Å². The van der Waals surface area contributed by atoms with Gasteiger partial charge in [-0.15, -0.1) is 0 Å². The van der Waals surface area contributed by atoms with Crippen LogP contribution in [0.5, 0.6) is 0 Å². The summed E-state index contributed by atoms with van der Waals surface area (Å²) in [6, 6.07) is 72.1. The first-order valence-electron chi connectivity index (χ1n) is 22.9. The summed E-state index contributed by atoms with van der Waals surface area (Å²) >= 11 is 0. The number of para-hydroxylation sites is 2. The summed E-state index contributed by atoms with van der Waals surface area (Å²) < 4.78 is 8.85. The third-order valence-electron chi connectivity index (χ3n) is 14.1. The molecule has 14 rings (SSSR count). The maximum Gasteiger partial charge on any atom is 0.145 e. The van der Waals surface area contributed by atoms with Gasteiger partial charge in [0.2, 0.25) is 0 Å². The average Bonchev–Trinajstić information content (AvgIpc) is 3.94. The van der Waals surface area contributed by atoms with E-state index in [2.05, 4.69) is 236 Å². The number of rotatable bonds is 3. The van der Waals surface area contributed by atoms with Gasteiger partial charge in [0.05, 0.1) is 22.5 Å². The van der Waals surface area contributed by atoms with Crippen LogP contribution in [0.4, 0.5) is 0 Å². The van der Waals surface area contributed by atoms with E-state index in [0.29, 0.717) is 0 Å². The van der Waals surface area contributed by atoms with Crippen LogP contribution in [0.15, 0.2) is 223 Å². The largest absolute Gasteiger partial charge is 0.455 e. The number of dihydropyridines is 1. The van der Waals surface area contributed by atoms with E-state index in [-0.39, 0.29) is 6.04 Å². The predicted octanol–water partition coefficient (Wildman–Crippen LogP) is 17.0. The first kappa shape index (κ1) is 38.1. The van der Waals surface area contributed by atoms with E-state index in [4.69, 9.17) is 4.42 Å². The van der Waals surface area contributed by atoms with Crippen LogP contribution in [0.3, 0.4) is 0 Å². The van der Waals surface area contributed by atoms with Gasteiger partial charge in [0, 0.05) is 27.5 Å². The van der Waals surface area contributed by atoms with Gasteiger partial charge in [-0.2, -0.15) is 0 Å². The number of aryl methyl sites for hydroxylation is 2. The Balaban J connectivity index is 0.000000229. The number of hydrogen-bond donors (Lipinski definition) is 1. The zero-order valence-electron chi connectivity index (χ0n) is 36.7. The van der Waals surface area contributed by atoms with Gasteiger partial charge in [0.1, 0.15) is 11.2 Å². The summed E-state index contributed by atoms with van der Waals surface area (Å²) in [7, 11) is 0. The molecular formula is C63H44N2O. The maximum atomic E-state index is 6.50. The molecule has 0 saturated heterocycles. The van der Waals surface area contributed by atoms with Gasteiger partial charge in [-0.05, 0) is 139 Å². The van der Waals surface area contributed by atoms with Crippen LogP contribution in [0.2, 0.25) is 0 Å². The van der Waals surface area contributed by atoms with Crippen molar-refractivity contribution in [2.45, 2.75) is 19.9 Å². The Morgan fingerprint density at radius 1 is 0.424 bits per heavy atom. The molecule has 3 heteroatoms. The fourth-order valence-electron chi connectivity index (χ4n) is 10.8. The SMILES string of the molecule is C1=CC(c2ccc3c4ccccc4c4ccccc4c3c2)NC(c2ccc(-n3c4ccccc4c4c5oc6ccccc6c5ccc43)cc2)=C1.Cc1c(C)c2ccccc2c2ccccc12. The molecule has 1 aliphatic rings. The lowest BCUT2D eigenvalue weighted by atomic mass is 9.91. The molecule has 1 atom stereocenters.